The molecule has 134 valence electrons. The van der Waals surface area contributed by atoms with Crippen LogP contribution in [-0.4, -0.2) is 39.7 Å². The van der Waals surface area contributed by atoms with Crippen molar-refractivity contribution in [3.05, 3.63) is 53.6 Å². The molecule has 0 aliphatic rings. The second-order valence-electron chi connectivity index (χ2n) is 5.15. The number of carboxylic acids is 2. The van der Waals surface area contributed by atoms with Gasteiger partial charge in [0.1, 0.15) is 11.3 Å². The smallest absolute Gasteiger partial charge is 0.507 e. The molecule has 0 saturated heterocycles. The van der Waals surface area contributed by atoms with Crippen LogP contribution in [0.1, 0.15) is 27.1 Å². The average Bonchev–Trinajstić information content (AvgIpc) is 2.60. The number of carbonyl (C=O) groups excluding carboxylic acids is 1. The molecular weight excluding hydrogens is 365 g/mol. The van der Waals surface area contributed by atoms with Crippen LogP contribution >= 0.6 is 0 Å². The van der Waals surface area contributed by atoms with Crippen LogP contribution in [0.4, 0.5) is 11.4 Å². The van der Waals surface area contributed by atoms with Gasteiger partial charge in [0.05, 0.1) is 17.8 Å². The van der Waals surface area contributed by atoms with Crippen molar-refractivity contribution < 1.29 is 59.3 Å². The van der Waals surface area contributed by atoms with Crippen molar-refractivity contribution in [3.63, 3.8) is 0 Å². The van der Waals surface area contributed by atoms with E-state index in [-0.39, 0.29) is 59.5 Å². The molecule has 2 aromatic carbocycles. The van der Waals surface area contributed by atoms with Crippen LogP contribution in [0.25, 0.3) is 0 Å². The second kappa shape index (κ2) is 10.4. The topological polar surface area (TPSA) is 149 Å². The molecule has 0 aliphatic heterocycles. The van der Waals surface area contributed by atoms with Crippen molar-refractivity contribution in [2.75, 3.05) is 6.54 Å². The van der Waals surface area contributed by atoms with E-state index in [2.05, 4.69) is 15.5 Å². The Hall–Kier alpha value is -2.75. The first-order valence-electron chi connectivity index (χ1n) is 7.45. The molecule has 0 fully saturated rings. The summed E-state index contributed by atoms with van der Waals surface area (Å²) in [4.78, 5) is 33.2. The van der Waals surface area contributed by atoms with E-state index < -0.39 is 17.8 Å². The van der Waals surface area contributed by atoms with Gasteiger partial charge in [0.2, 0.25) is 0 Å². The van der Waals surface area contributed by atoms with Crippen LogP contribution in [0.5, 0.6) is 5.75 Å². The first-order valence-corrected chi connectivity index (χ1v) is 7.45. The molecule has 4 N–H and O–H groups in total. The average molecular weight is 380 g/mol. The van der Waals surface area contributed by atoms with E-state index in [4.69, 9.17) is 10.2 Å². The predicted molar refractivity (Wildman–Crippen MR) is 90.3 cm³/mol. The Labute approximate surface area is 176 Å². The summed E-state index contributed by atoms with van der Waals surface area (Å²) >= 11 is 0. The van der Waals surface area contributed by atoms with E-state index in [1.54, 1.807) is 0 Å². The number of aliphatic carboxylic acids is 1. The summed E-state index contributed by atoms with van der Waals surface area (Å²) in [7, 11) is 0. The molecule has 27 heavy (non-hydrogen) atoms. The minimum Gasteiger partial charge on any atom is -0.507 e. The zero-order chi connectivity index (χ0) is 19.1. The van der Waals surface area contributed by atoms with E-state index in [1.807, 2.05) is 0 Å². The van der Waals surface area contributed by atoms with Crippen LogP contribution in [0.2, 0.25) is 0 Å². The molecule has 0 spiro atoms. The maximum Gasteiger partial charge on any atom is 1.00 e. The fourth-order valence-corrected chi connectivity index (χ4v) is 1.94. The SMILES string of the molecule is O=C(O)CCNC(=O)c1ccc(N=Nc2ccc(O)c(C(=O)O)c2)cc1.[Na+]. The van der Waals surface area contributed by atoms with E-state index >= 15 is 0 Å². The first kappa shape index (κ1) is 22.3. The molecule has 0 heterocycles. The molecule has 9 nitrogen and oxygen atoms in total. The molecule has 1 amide bonds. The molecule has 10 heteroatoms. The molecule has 0 aliphatic carbocycles. The summed E-state index contributed by atoms with van der Waals surface area (Å²) in [5.41, 5.74) is 0.731. The third-order valence-corrected chi connectivity index (χ3v) is 3.25. The maximum atomic E-state index is 11.8. The zero-order valence-corrected chi connectivity index (χ0v) is 16.4. The van der Waals surface area contributed by atoms with Crippen molar-refractivity contribution in [1.29, 1.82) is 0 Å². The third-order valence-electron chi connectivity index (χ3n) is 3.25. The summed E-state index contributed by atoms with van der Waals surface area (Å²) in [6.45, 7) is 0.0301. The molecule has 0 aromatic heterocycles. The Morgan fingerprint density at radius 1 is 0.926 bits per heavy atom. The number of hydrogen-bond acceptors (Lipinski definition) is 6. The van der Waals surface area contributed by atoms with E-state index in [0.29, 0.717) is 11.3 Å². The second-order valence-corrected chi connectivity index (χ2v) is 5.15. The molecule has 0 bridgehead atoms. The summed E-state index contributed by atoms with van der Waals surface area (Å²) in [6, 6.07) is 9.89. The van der Waals surface area contributed by atoms with Crippen LogP contribution in [0, 0.1) is 0 Å². The Morgan fingerprint density at radius 3 is 2.11 bits per heavy atom. The van der Waals surface area contributed by atoms with Gasteiger partial charge >= 0.3 is 41.5 Å². The van der Waals surface area contributed by atoms with Crippen molar-refractivity contribution in [2.24, 2.45) is 10.2 Å². The monoisotopic (exact) mass is 380 g/mol. The number of nitrogens with one attached hydrogen (secondary N) is 1. The standard InChI is InChI=1S/C17H15N3O6.Na/c21-14-6-5-12(9-13(14)17(25)26)20-19-11-3-1-10(2-4-11)16(24)18-8-7-15(22)23;/h1-6,9,21H,7-8H2,(H,18,24)(H,22,23)(H,25,26);/q;+1. The number of aromatic carboxylic acids is 1. The van der Waals surface area contributed by atoms with Gasteiger partial charge in [0.15, 0.2) is 0 Å². The van der Waals surface area contributed by atoms with Gasteiger partial charge in [-0.3, -0.25) is 9.59 Å². The number of nitrogens with zero attached hydrogens (tertiary/aromatic N) is 2. The molecule has 0 unspecified atom stereocenters. The van der Waals surface area contributed by atoms with Gasteiger partial charge in [-0.1, -0.05) is 0 Å². The van der Waals surface area contributed by atoms with Gasteiger partial charge in [-0.25, -0.2) is 4.79 Å². The van der Waals surface area contributed by atoms with Gasteiger partial charge in [-0.2, -0.15) is 10.2 Å². The summed E-state index contributed by atoms with van der Waals surface area (Å²) in [5.74, 6) is -3.05. The fourth-order valence-electron chi connectivity index (χ4n) is 1.94. The molecular formula is C17H15N3NaO6+. The molecule has 0 saturated carbocycles. The number of benzene rings is 2. The Kier molecular flexibility index (Phi) is 8.60. The Balaban J connectivity index is 0.00000364. The van der Waals surface area contributed by atoms with E-state index in [0.717, 1.165) is 0 Å². The number of azo groups is 1. The number of amides is 1. The largest absolute Gasteiger partial charge is 1.00 e. The van der Waals surface area contributed by atoms with Gasteiger partial charge in [-0.15, -0.1) is 0 Å². The maximum absolute atomic E-state index is 11.8. The van der Waals surface area contributed by atoms with Crippen molar-refractivity contribution in [2.45, 2.75) is 6.42 Å². The minimum absolute atomic E-state index is 0. The van der Waals surface area contributed by atoms with Gasteiger partial charge in [-0.05, 0) is 42.5 Å². The molecule has 2 rings (SSSR count). The number of aromatic hydroxyl groups is 1. The van der Waals surface area contributed by atoms with Crippen molar-refractivity contribution in [1.82, 2.24) is 5.32 Å². The first-order chi connectivity index (χ1) is 12.4. The predicted octanol–water partition coefficient (Wildman–Crippen LogP) is -0.286. The molecule has 0 radical (unpaired) electrons. The zero-order valence-electron chi connectivity index (χ0n) is 14.4. The number of carboxylic acid groups (broad SMARTS) is 2. The van der Waals surface area contributed by atoms with E-state index in [1.165, 1.54) is 42.5 Å². The van der Waals surface area contributed by atoms with Gasteiger partial charge < -0.3 is 20.6 Å². The van der Waals surface area contributed by atoms with E-state index in [9.17, 15) is 19.5 Å². The number of carbonyl (C=O) groups is 3. The van der Waals surface area contributed by atoms with Crippen LogP contribution in [-0.2, 0) is 4.79 Å². The van der Waals surface area contributed by atoms with Crippen molar-refractivity contribution in [3.8, 4) is 5.75 Å². The Morgan fingerprint density at radius 2 is 1.52 bits per heavy atom. The normalized spacial score (nSPS) is 10.2. The summed E-state index contributed by atoms with van der Waals surface area (Å²) in [6.07, 6.45) is -0.164. The van der Waals surface area contributed by atoms with Crippen molar-refractivity contribution >= 4 is 29.2 Å². The molecule has 2 aromatic rings. The molecule has 0 atom stereocenters. The summed E-state index contributed by atoms with van der Waals surface area (Å²) < 4.78 is 0. The number of hydrogen-bond donors (Lipinski definition) is 4. The van der Waals surface area contributed by atoms with Crippen LogP contribution in [0.3, 0.4) is 0 Å². The fraction of sp³-hybridized carbons (Fsp3) is 0.118. The quantitative estimate of drug-likeness (QED) is 0.383. The van der Waals surface area contributed by atoms with Gasteiger partial charge in [0, 0.05) is 12.1 Å². The Bertz CT molecular complexity index is 867. The number of phenols is 1. The summed E-state index contributed by atoms with van der Waals surface area (Å²) in [5, 5.41) is 37.2. The van der Waals surface area contributed by atoms with Gasteiger partial charge in [0.25, 0.3) is 5.91 Å². The van der Waals surface area contributed by atoms with Crippen LogP contribution in [0.15, 0.2) is 52.7 Å². The minimum atomic E-state index is -1.28. The third kappa shape index (κ3) is 6.81. The number of rotatable bonds is 7. The van der Waals surface area contributed by atoms with Crippen LogP contribution < -0.4 is 34.9 Å².